The second-order valence-electron chi connectivity index (χ2n) is 13.7. The molecule has 1 N–H and O–H groups in total. The normalized spacial score (nSPS) is 12.5. The molecule has 213 valence electrons. The number of fused-ring (bicyclic) bond motifs is 1. The number of nitrogens with zero attached hydrogens (tertiary/aromatic N) is 3. The molecule has 0 aliphatic rings. The molecule has 0 bridgehead atoms. The first kappa shape index (κ1) is 29.9. The van der Waals surface area contributed by atoms with Crippen molar-refractivity contribution in [1.82, 2.24) is 14.8 Å². The third-order valence-corrected chi connectivity index (χ3v) is 7.41. The van der Waals surface area contributed by atoms with Crippen LogP contribution in [0.1, 0.15) is 79.0 Å². The summed E-state index contributed by atoms with van der Waals surface area (Å²) in [4.78, 5) is 5.15. The molecule has 0 unspecified atom stereocenters. The van der Waals surface area contributed by atoms with Crippen LogP contribution in [0, 0.1) is 6.07 Å². The Labute approximate surface area is 254 Å². The van der Waals surface area contributed by atoms with E-state index < -0.39 is 0 Å². The quantitative estimate of drug-likeness (QED) is 0.150. The third kappa shape index (κ3) is 5.72. The minimum absolute atomic E-state index is 0. The molecule has 0 saturated heterocycles. The number of para-hydroxylation sites is 1. The summed E-state index contributed by atoms with van der Waals surface area (Å²) in [6, 6.07) is 22.5. The number of hydrogen-bond donors (Lipinski definition) is 1. The van der Waals surface area contributed by atoms with Crippen LogP contribution < -0.4 is 4.98 Å². The maximum absolute atomic E-state index is 11.5. The maximum Gasteiger partial charge on any atom is 0.125 e. The minimum atomic E-state index is -0.206. The van der Waals surface area contributed by atoms with Crippen molar-refractivity contribution in [3.63, 3.8) is 0 Å². The molecular weight excluding hydrogens is 675 g/mol. The molecule has 0 fully saturated rings. The zero-order valence-corrected chi connectivity index (χ0v) is 27.1. The van der Waals surface area contributed by atoms with Gasteiger partial charge in [0.2, 0.25) is 0 Å². The summed E-state index contributed by atoms with van der Waals surface area (Å²) in [6.45, 7) is 19.7. The molecular formula is C35H39AuN3O-2. The summed E-state index contributed by atoms with van der Waals surface area (Å²) in [7, 11) is 0. The molecule has 0 aliphatic carbocycles. The van der Waals surface area contributed by atoms with Gasteiger partial charge in [-0.15, -0.1) is 40.6 Å². The van der Waals surface area contributed by atoms with Crippen LogP contribution >= 0.6 is 0 Å². The van der Waals surface area contributed by atoms with Crippen LogP contribution in [-0.2, 0) is 38.6 Å². The van der Waals surface area contributed by atoms with Crippen molar-refractivity contribution in [3.05, 3.63) is 89.7 Å². The molecule has 4 nitrogen and oxygen atoms in total. The molecule has 0 atom stereocenters. The van der Waals surface area contributed by atoms with Crippen molar-refractivity contribution in [3.8, 4) is 33.8 Å². The molecule has 3 aromatic carbocycles. The smallest absolute Gasteiger partial charge is 0.125 e. The summed E-state index contributed by atoms with van der Waals surface area (Å²) in [6.07, 6.45) is 3.73. The molecule has 40 heavy (non-hydrogen) atoms. The van der Waals surface area contributed by atoms with Crippen molar-refractivity contribution in [1.29, 1.82) is 0 Å². The van der Waals surface area contributed by atoms with Crippen LogP contribution in [0.25, 0.3) is 39.0 Å². The number of hydrogen-bond acceptors (Lipinski definition) is 2. The van der Waals surface area contributed by atoms with Gasteiger partial charge in [0.25, 0.3) is 0 Å². The molecule has 0 spiro atoms. The first-order chi connectivity index (χ1) is 18.1. The van der Waals surface area contributed by atoms with Gasteiger partial charge in [-0.2, -0.15) is 10.6 Å². The van der Waals surface area contributed by atoms with Crippen LogP contribution in [0.5, 0.6) is 5.75 Å². The Hall–Kier alpha value is -3.05. The number of phenols is 1. The van der Waals surface area contributed by atoms with E-state index in [9.17, 15) is 5.11 Å². The van der Waals surface area contributed by atoms with Crippen LogP contribution in [0.4, 0.5) is 0 Å². The molecule has 2 aromatic heterocycles. The predicted molar refractivity (Wildman–Crippen MR) is 162 cm³/mol. The van der Waals surface area contributed by atoms with E-state index in [1.165, 1.54) is 11.1 Å². The number of phenolic OH excluding ortho intramolecular Hbond substituents is 1. The number of benzene rings is 3. The average molecular weight is 715 g/mol. The molecule has 5 heteroatoms. The molecule has 0 saturated carbocycles. The summed E-state index contributed by atoms with van der Waals surface area (Å²) in [5.41, 5.74) is 8.36. The van der Waals surface area contributed by atoms with Gasteiger partial charge in [-0.25, -0.2) is 0 Å². The van der Waals surface area contributed by atoms with Gasteiger partial charge in [0, 0.05) is 45.9 Å². The zero-order valence-electron chi connectivity index (χ0n) is 24.9. The van der Waals surface area contributed by atoms with E-state index in [1.807, 2.05) is 16.9 Å². The van der Waals surface area contributed by atoms with Gasteiger partial charge in [0.1, 0.15) is 5.75 Å². The van der Waals surface area contributed by atoms with Crippen LogP contribution in [0.15, 0.2) is 67.0 Å². The summed E-state index contributed by atoms with van der Waals surface area (Å²) in [5, 5.41) is 17.0. The van der Waals surface area contributed by atoms with Gasteiger partial charge in [0.05, 0.1) is 0 Å². The van der Waals surface area contributed by atoms with Gasteiger partial charge in [-0.3, -0.25) is 4.68 Å². The summed E-state index contributed by atoms with van der Waals surface area (Å²) >= 11 is 0. The molecule has 0 aliphatic heterocycles. The molecule has 5 aromatic rings. The second-order valence-corrected chi connectivity index (χ2v) is 13.7. The van der Waals surface area contributed by atoms with E-state index in [2.05, 4.69) is 122 Å². The fourth-order valence-electron chi connectivity index (χ4n) is 4.96. The second kappa shape index (κ2) is 10.4. The third-order valence-electron chi connectivity index (χ3n) is 7.41. The van der Waals surface area contributed by atoms with E-state index in [0.717, 1.165) is 44.5 Å². The van der Waals surface area contributed by atoms with Gasteiger partial charge in [-0.1, -0.05) is 98.0 Å². The van der Waals surface area contributed by atoms with Crippen LogP contribution in [-0.4, -0.2) is 14.9 Å². The SMILES string of the molecule is CC(C)(C)c1cc(-c2cccc3cc(-c4cc(C(C)(C)C)cc(C(C)(C)C)c4O)[n-]c23)[c-]c(-n2cccn2)c1.[Au]. The van der Waals surface area contributed by atoms with E-state index in [1.54, 1.807) is 6.20 Å². The fourth-order valence-corrected chi connectivity index (χ4v) is 4.96. The Balaban J connectivity index is 0.00000370. The Bertz CT molecular complexity index is 1660. The monoisotopic (exact) mass is 714 g/mol. The Morgan fingerprint density at radius 2 is 1.45 bits per heavy atom. The van der Waals surface area contributed by atoms with Gasteiger partial charge >= 0.3 is 0 Å². The van der Waals surface area contributed by atoms with Gasteiger partial charge < -0.3 is 10.1 Å². The summed E-state index contributed by atoms with van der Waals surface area (Å²) in [5.74, 6) is 0.308. The average Bonchev–Trinajstić information content (AvgIpc) is 3.52. The number of aromatic nitrogens is 3. The van der Waals surface area contributed by atoms with E-state index >= 15 is 0 Å². The van der Waals surface area contributed by atoms with Gasteiger partial charge in [-0.05, 0) is 39.6 Å². The minimum Gasteiger partial charge on any atom is -0.664 e. The van der Waals surface area contributed by atoms with Crippen molar-refractivity contribution in [2.24, 2.45) is 0 Å². The fraction of sp³-hybridized carbons (Fsp3) is 0.343. The largest absolute Gasteiger partial charge is 0.664 e. The summed E-state index contributed by atoms with van der Waals surface area (Å²) < 4.78 is 1.85. The standard InChI is InChI=1S/C35H39N3O.Au/c1-33(2,3)24-16-23(17-26(19-24)38-15-11-14-36-38)27-13-10-12-22-18-30(37-31(22)27)28-20-25(34(4,5)6)21-29(32(28)39)35(7,8)9;/h10-16,18-21,39H,1-9H3;/q-2;. The Morgan fingerprint density at radius 1 is 0.775 bits per heavy atom. The van der Waals surface area contributed by atoms with Gasteiger partial charge in [0.15, 0.2) is 0 Å². The predicted octanol–water partition coefficient (Wildman–Crippen LogP) is 8.71. The number of aromatic hydroxyl groups is 1. The molecule has 1 radical (unpaired) electrons. The topological polar surface area (TPSA) is 52.1 Å². The van der Waals surface area contributed by atoms with Crippen molar-refractivity contribution in [2.45, 2.75) is 78.6 Å². The maximum atomic E-state index is 11.5. The van der Waals surface area contributed by atoms with Crippen LogP contribution in [0.2, 0.25) is 0 Å². The number of rotatable bonds is 3. The van der Waals surface area contributed by atoms with E-state index in [4.69, 9.17) is 4.98 Å². The van der Waals surface area contributed by atoms with Crippen molar-refractivity contribution >= 4 is 10.9 Å². The van der Waals surface area contributed by atoms with E-state index in [-0.39, 0.29) is 38.6 Å². The molecule has 2 heterocycles. The zero-order chi connectivity index (χ0) is 28.3. The van der Waals surface area contributed by atoms with Crippen molar-refractivity contribution < 1.29 is 27.5 Å². The molecule has 0 amide bonds. The Kier molecular flexibility index (Phi) is 7.79. The first-order valence-corrected chi connectivity index (χ1v) is 13.7. The first-order valence-electron chi connectivity index (χ1n) is 13.7. The van der Waals surface area contributed by atoms with Crippen molar-refractivity contribution in [2.75, 3.05) is 0 Å². The Morgan fingerprint density at radius 3 is 2.05 bits per heavy atom. The molecule has 5 rings (SSSR count). The van der Waals surface area contributed by atoms with Crippen LogP contribution in [0.3, 0.4) is 0 Å². The van der Waals surface area contributed by atoms with E-state index in [0.29, 0.717) is 5.75 Å².